The minimum atomic E-state index is -0.973. The number of carbonyl (C=O) groups is 1. The number of benzene rings is 1. The molecule has 0 spiro atoms. The zero-order valence-electron chi connectivity index (χ0n) is 8.68. The Labute approximate surface area is 92.9 Å². The number of hydrogen-bond acceptors (Lipinski definition) is 5. The van der Waals surface area contributed by atoms with Gasteiger partial charge in [0, 0.05) is 17.9 Å². The maximum absolute atomic E-state index is 11.6. The van der Waals surface area contributed by atoms with Crippen LogP contribution in [0.2, 0.25) is 0 Å². The van der Waals surface area contributed by atoms with Gasteiger partial charge in [0.1, 0.15) is 0 Å². The molecule has 0 aliphatic rings. The maximum atomic E-state index is 11.6. The van der Waals surface area contributed by atoms with Crippen molar-refractivity contribution >= 4 is 17.3 Å². The topological polar surface area (TPSA) is 122 Å². The molecule has 1 rings (SSSR count). The van der Waals surface area contributed by atoms with Crippen LogP contribution in [0.3, 0.4) is 0 Å². The van der Waals surface area contributed by atoms with E-state index in [0.717, 1.165) is 0 Å². The molecule has 1 aromatic carbocycles. The van der Waals surface area contributed by atoms with Crippen LogP contribution in [-0.4, -0.2) is 35.4 Å². The molecule has 0 saturated carbocycles. The SMILES string of the molecule is Nc1ccc(C(=O)NCC(O)CO)c(N)c1. The standard InChI is InChI=1S/C10H15N3O3/c11-6-1-2-8(9(12)3-6)10(16)13-4-7(15)5-14/h1-3,7,14-15H,4-5,11-12H2,(H,13,16). The molecule has 7 N–H and O–H groups in total. The highest BCUT2D eigenvalue weighted by molar-refractivity contribution is 5.99. The third-order valence-electron chi connectivity index (χ3n) is 2.03. The molecule has 0 fully saturated rings. The van der Waals surface area contributed by atoms with Crippen LogP contribution in [0, 0.1) is 0 Å². The van der Waals surface area contributed by atoms with Gasteiger partial charge in [0.15, 0.2) is 0 Å². The van der Waals surface area contributed by atoms with E-state index in [9.17, 15) is 4.79 Å². The van der Waals surface area contributed by atoms with Gasteiger partial charge in [0.05, 0.1) is 18.3 Å². The summed E-state index contributed by atoms with van der Waals surface area (Å²) in [6, 6.07) is 4.55. The van der Waals surface area contributed by atoms with E-state index in [1.54, 1.807) is 6.07 Å². The van der Waals surface area contributed by atoms with Crippen LogP contribution in [0.25, 0.3) is 0 Å². The number of rotatable bonds is 4. The van der Waals surface area contributed by atoms with Gasteiger partial charge in [-0.15, -0.1) is 0 Å². The second-order valence-corrected chi connectivity index (χ2v) is 3.39. The molecule has 1 atom stereocenters. The molecule has 6 heteroatoms. The highest BCUT2D eigenvalue weighted by Gasteiger charge is 2.11. The number of nitrogens with two attached hydrogens (primary N) is 2. The molecule has 0 bridgehead atoms. The number of amides is 1. The van der Waals surface area contributed by atoms with Gasteiger partial charge in [-0.3, -0.25) is 4.79 Å². The number of nitrogens with one attached hydrogen (secondary N) is 1. The molecule has 0 radical (unpaired) electrons. The van der Waals surface area contributed by atoms with Crippen molar-refractivity contribution in [3.05, 3.63) is 23.8 Å². The normalized spacial score (nSPS) is 12.1. The van der Waals surface area contributed by atoms with Gasteiger partial charge in [0.2, 0.25) is 0 Å². The first kappa shape index (κ1) is 12.3. The fraction of sp³-hybridized carbons (Fsp3) is 0.300. The van der Waals surface area contributed by atoms with Gasteiger partial charge in [-0.2, -0.15) is 0 Å². The highest BCUT2D eigenvalue weighted by Crippen LogP contribution is 2.15. The number of anilines is 2. The first-order valence-corrected chi connectivity index (χ1v) is 4.76. The first-order chi connectivity index (χ1) is 7.54. The lowest BCUT2D eigenvalue weighted by Gasteiger charge is -2.10. The second kappa shape index (κ2) is 5.34. The van der Waals surface area contributed by atoms with E-state index in [2.05, 4.69) is 5.32 Å². The Kier molecular flexibility index (Phi) is 4.10. The lowest BCUT2D eigenvalue weighted by atomic mass is 10.1. The molecule has 0 aromatic heterocycles. The van der Waals surface area contributed by atoms with Crippen LogP contribution < -0.4 is 16.8 Å². The minimum absolute atomic E-state index is 0.0286. The Balaban J connectivity index is 2.66. The van der Waals surface area contributed by atoms with Crippen LogP contribution >= 0.6 is 0 Å². The van der Waals surface area contributed by atoms with Gasteiger partial charge in [0.25, 0.3) is 5.91 Å². The Hall–Kier alpha value is -1.79. The van der Waals surface area contributed by atoms with Crippen molar-refractivity contribution in [3.63, 3.8) is 0 Å². The van der Waals surface area contributed by atoms with Crippen LogP contribution in [0.4, 0.5) is 11.4 Å². The Morgan fingerprint density at radius 2 is 2.12 bits per heavy atom. The van der Waals surface area contributed by atoms with E-state index in [0.29, 0.717) is 11.3 Å². The predicted octanol–water partition coefficient (Wildman–Crippen LogP) is -1.07. The number of carbonyl (C=O) groups excluding carboxylic acids is 1. The van der Waals surface area contributed by atoms with Crippen molar-refractivity contribution in [3.8, 4) is 0 Å². The second-order valence-electron chi connectivity index (χ2n) is 3.39. The molecule has 6 nitrogen and oxygen atoms in total. The van der Waals surface area contributed by atoms with Gasteiger partial charge >= 0.3 is 0 Å². The smallest absolute Gasteiger partial charge is 0.253 e. The maximum Gasteiger partial charge on any atom is 0.253 e. The summed E-state index contributed by atoms with van der Waals surface area (Å²) >= 11 is 0. The minimum Gasteiger partial charge on any atom is -0.399 e. The summed E-state index contributed by atoms with van der Waals surface area (Å²) in [7, 11) is 0. The Bertz CT molecular complexity index is 382. The van der Waals surface area contributed by atoms with Crippen molar-refractivity contribution in [2.24, 2.45) is 0 Å². The van der Waals surface area contributed by atoms with Crippen LogP contribution in [0.5, 0.6) is 0 Å². The van der Waals surface area contributed by atoms with Crippen LogP contribution in [0.1, 0.15) is 10.4 Å². The summed E-state index contributed by atoms with van der Waals surface area (Å²) in [6.45, 7) is -0.434. The molecule has 1 amide bonds. The molecule has 16 heavy (non-hydrogen) atoms. The Morgan fingerprint density at radius 1 is 1.44 bits per heavy atom. The molecule has 1 unspecified atom stereocenters. The summed E-state index contributed by atoms with van der Waals surface area (Å²) in [6.07, 6.45) is -0.973. The van der Waals surface area contributed by atoms with E-state index in [1.165, 1.54) is 12.1 Å². The summed E-state index contributed by atoms with van der Waals surface area (Å²) in [5.41, 5.74) is 12.1. The van der Waals surface area contributed by atoms with Crippen LogP contribution in [0.15, 0.2) is 18.2 Å². The predicted molar refractivity (Wildman–Crippen MR) is 60.7 cm³/mol. The van der Waals surface area contributed by atoms with Gasteiger partial charge in [-0.25, -0.2) is 0 Å². The summed E-state index contributed by atoms with van der Waals surface area (Å²) < 4.78 is 0. The largest absolute Gasteiger partial charge is 0.399 e. The van der Waals surface area contributed by atoms with Crippen molar-refractivity contribution in [2.45, 2.75) is 6.10 Å². The number of aliphatic hydroxyl groups is 2. The summed E-state index contributed by atoms with van der Waals surface area (Å²) in [5.74, 6) is -0.412. The quantitative estimate of drug-likeness (QED) is 0.418. The van der Waals surface area contributed by atoms with E-state index < -0.39 is 18.6 Å². The van der Waals surface area contributed by atoms with Gasteiger partial charge < -0.3 is 27.0 Å². The van der Waals surface area contributed by atoms with E-state index in [-0.39, 0.29) is 12.2 Å². The summed E-state index contributed by atoms with van der Waals surface area (Å²) in [4.78, 5) is 11.6. The zero-order valence-corrected chi connectivity index (χ0v) is 8.68. The summed E-state index contributed by atoms with van der Waals surface area (Å²) in [5, 5.41) is 20.1. The molecule has 0 heterocycles. The average molecular weight is 225 g/mol. The van der Waals surface area contributed by atoms with Crippen LogP contribution in [-0.2, 0) is 0 Å². The van der Waals surface area contributed by atoms with Crippen molar-refractivity contribution in [1.29, 1.82) is 0 Å². The highest BCUT2D eigenvalue weighted by atomic mass is 16.3. The Morgan fingerprint density at radius 3 is 2.69 bits per heavy atom. The third-order valence-corrected chi connectivity index (χ3v) is 2.03. The first-order valence-electron chi connectivity index (χ1n) is 4.76. The molecule has 0 aliphatic heterocycles. The van der Waals surface area contributed by atoms with E-state index >= 15 is 0 Å². The number of nitrogen functional groups attached to an aromatic ring is 2. The van der Waals surface area contributed by atoms with Crippen molar-refractivity contribution in [2.75, 3.05) is 24.6 Å². The van der Waals surface area contributed by atoms with Crippen molar-refractivity contribution in [1.82, 2.24) is 5.32 Å². The molecule has 0 aliphatic carbocycles. The lowest BCUT2D eigenvalue weighted by Crippen LogP contribution is -2.34. The van der Waals surface area contributed by atoms with Gasteiger partial charge in [-0.05, 0) is 18.2 Å². The molecule has 1 aromatic rings. The lowest BCUT2D eigenvalue weighted by molar-refractivity contribution is 0.0802. The molecular weight excluding hydrogens is 210 g/mol. The fourth-order valence-corrected chi connectivity index (χ4v) is 1.16. The monoisotopic (exact) mass is 225 g/mol. The zero-order chi connectivity index (χ0) is 12.1. The number of aliphatic hydroxyl groups excluding tert-OH is 2. The molecule has 0 saturated heterocycles. The molecule has 88 valence electrons. The molecular formula is C10H15N3O3. The van der Waals surface area contributed by atoms with E-state index in [4.69, 9.17) is 21.7 Å². The fourth-order valence-electron chi connectivity index (χ4n) is 1.16. The average Bonchev–Trinajstić information content (AvgIpc) is 2.25. The third kappa shape index (κ3) is 3.11. The number of hydrogen-bond donors (Lipinski definition) is 5. The van der Waals surface area contributed by atoms with Crippen molar-refractivity contribution < 1.29 is 15.0 Å². The van der Waals surface area contributed by atoms with Gasteiger partial charge in [-0.1, -0.05) is 0 Å². The van der Waals surface area contributed by atoms with E-state index in [1.807, 2.05) is 0 Å².